The topological polar surface area (TPSA) is 9.23 Å². The van der Waals surface area contributed by atoms with Crippen molar-refractivity contribution in [3.8, 4) is 5.75 Å². The van der Waals surface area contributed by atoms with Gasteiger partial charge in [0, 0.05) is 10.0 Å². The lowest BCUT2D eigenvalue weighted by Gasteiger charge is -2.27. The van der Waals surface area contributed by atoms with Crippen molar-refractivity contribution < 1.29 is 4.74 Å². The Morgan fingerprint density at radius 3 is 2.29 bits per heavy atom. The van der Waals surface area contributed by atoms with Crippen LogP contribution in [0.15, 0.2) is 34.8 Å². The molecule has 2 aromatic carbocycles. The first-order valence-corrected chi connectivity index (χ1v) is 8.15. The first-order valence-electron chi connectivity index (χ1n) is 7.36. The molecule has 1 heterocycles. The average molecular weight is 345 g/mol. The summed E-state index contributed by atoms with van der Waals surface area (Å²) in [6, 6.07) is 11.0. The molecule has 1 unspecified atom stereocenters. The first-order chi connectivity index (χ1) is 9.81. The van der Waals surface area contributed by atoms with E-state index >= 15 is 0 Å². The summed E-state index contributed by atoms with van der Waals surface area (Å²) >= 11 is 3.73. The largest absolute Gasteiger partial charge is 0.487 e. The molecule has 0 radical (unpaired) electrons. The van der Waals surface area contributed by atoms with E-state index < -0.39 is 0 Å². The molecule has 3 rings (SSSR count). The summed E-state index contributed by atoms with van der Waals surface area (Å²) in [6.45, 7) is 10.8. The zero-order valence-corrected chi connectivity index (χ0v) is 14.8. The third-order valence-electron chi connectivity index (χ3n) is 4.46. The van der Waals surface area contributed by atoms with E-state index in [4.69, 9.17) is 4.74 Å². The molecule has 0 bridgehead atoms. The van der Waals surface area contributed by atoms with Gasteiger partial charge in [-0.15, -0.1) is 0 Å². The molecule has 0 spiro atoms. The van der Waals surface area contributed by atoms with Crippen molar-refractivity contribution in [3.63, 3.8) is 0 Å². The summed E-state index contributed by atoms with van der Waals surface area (Å²) in [5.41, 5.74) is 6.23. The number of hydrogen-bond donors (Lipinski definition) is 0. The molecular formula is C19H21BrO. The molecule has 0 saturated carbocycles. The second-order valence-electron chi connectivity index (χ2n) is 6.59. The standard InChI is InChI=1S/C19H21BrO/c1-11-6-8-14(9-7-11)17-16-13(3)18(20)12(2)10-15(16)21-19(17,4)5/h6-10,17H,1-5H3. The van der Waals surface area contributed by atoms with Gasteiger partial charge in [-0.05, 0) is 57.4 Å². The van der Waals surface area contributed by atoms with E-state index in [0.29, 0.717) is 0 Å². The molecule has 1 aliphatic heterocycles. The fraction of sp³-hybridized carbons (Fsp3) is 0.368. The third kappa shape index (κ3) is 2.30. The highest BCUT2D eigenvalue weighted by Crippen LogP contribution is 2.51. The van der Waals surface area contributed by atoms with E-state index in [1.807, 2.05) is 0 Å². The monoisotopic (exact) mass is 344 g/mol. The molecule has 21 heavy (non-hydrogen) atoms. The van der Waals surface area contributed by atoms with Crippen LogP contribution >= 0.6 is 15.9 Å². The van der Waals surface area contributed by atoms with Crippen LogP contribution in [-0.2, 0) is 0 Å². The summed E-state index contributed by atoms with van der Waals surface area (Å²) in [5.74, 6) is 1.30. The van der Waals surface area contributed by atoms with Gasteiger partial charge in [-0.3, -0.25) is 0 Å². The fourth-order valence-corrected chi connectivity index (χ4v) is 3.72. The molecule has 1 nitrogen and oxygen atoms in total. The van der Waals surface area contributed by atoms with E-state index in [2.05, 4.69) is 80.9 Å². The van der Waals surface area contributed by atoms with Gasteiger partial charge in [0.2, 0.25) is 0 Å². The Balaban J connectivity index is 2.22. The van der Waals surface area contributed by atoms with Gasteiger partial charge in [0.25, 0.3) is 0 Å². The normalized spacial score (nSPS) is 19.2. The smallest absolute Gasteiger partial charge is 0.124 e. The minimum atomic E-state index is -0.227. The van der Waals surface area contributed by atoms with E-state index in [0.717, 1.165) is 5.75 Å². The van der Waals surface area contributed by atoms with Crippen LogP contribution in [0.2, 0.25) is 0 Å². The number of hydrogen-bond acceptors (Lipinski definition) is 1. The molecule has 110 valence electrons. The molecule has 1 aliphatic rings. The average Bonchev–Trinajstić information content (AvgIpc) is 2.68. The fourth-order valence-electron chi connectivity index (χ4n) is 3.40. The first kappa shape index (κ1) is 14.6. The predicted octanol–water partition coefficient (Wildman–Crippen LogP) is 5.68. The Kier molecular flexibility index (Phi) is 3.40. The number of aryl methyl sites for hydroxylation is 2. The molecule has 0 amide bonds. The lowest BCUT2D eigenvalue weighted by atomic mass is 9.79. The van der Waals surface area contributed by atoms with Crippen LogP contribution in [-0.4, -0.2) is 5.60 Å². The second-order valence-corrected chi connectivity index (χ2v) is 7.39. The van der Waals surface area contributed by atoms with Crippen LogP contribution < -0.4 is 4.74 Å². The van der Waals surface area contributed by atoms with Crippen molar-refractivity contribution >= 4 is 15.9 Å². The van der Waals surface area contributed by atoms with Crippen LogP contribution in [0.1, 0.15) is 47.6 Å². The van der Waals surface area contributed by atoms with Crippen LogP contribution in [0, 0.1) is 20.8 Å². The van der Waals surface area contributed by atoms with Gasteiger partial charge in [0.05, 0.1) is 5.92 Å². The molecule has 0 aromatic heterocycles. The van der Waals surface area contributed by atoms with Gasteiger partial charge >= 0.3 is 0 Å². The molecule has 0 fully saturated rings. The summed E-state index contributed by atoms with van der Waals surface area (Å²) in [6.07, 6.45) is 0. The zero-order valence-electron chi connectivity index (χ0n) is 13.3. The second kappa shape index (κ2) is 4.88. The van der Waals surface area contributed by atoms with Crippen LogP contribution in [0.5, 0.6) is 5.75 Å². The minimum Gasteiger partial charge on any atom is -0.487 e. The van der Waals surface area contributed by atoms with Crippen LogP contribution in [0.3, 0.4) is 0 Å². The SMILES string of the molecule is Cc1ccc(C2c3c(cc(C)c(Br)c3C)OC2(C)C)cc1. The zero-order chi connectivity index (χ0) is 15.4. The van der Waals surface area contributed by atoms with Crippen molar-refractivity contribution in [2.75, 3.05) is 0 Å². The maximum atomic E-state index is 6.29. The Bertz CT molecular complexity index is 698. The van der Waals surface area contributed by atoms with E-state index in [-0.39, 0.29) is 11.5 Å². The number of benzene rings is 2. The van der Waals surface area contributed by atoms with Crippen molar-refractivity contribution in [1.82, 2.24) is 0 Å². The van der Waals surface area contributed by atoms with Crippen molar-refractivity contribution in [1.29, 1.82) is 0 Å². The third-order valence-corrected chi connectivity index (χ3v) is 5.68. The molecule has 0 saturated heterocycles. The van der Waals surface area contributed by atoms with E-state index in [9.17, 15) is 0 Å². The highest BCUT2D eigenvalue weighted by Gasteiger charge is 2.43. The van der Waals surface area contributed by atoms with E-state index in [1.165, 1.54) is 32.3 Å². The van der Waals surface area contributed by atoms with Gasteiger partial charge in [-0.2, -0.15) is 0 Å². The van der Waals surface area contributed by atoms with Gasteiger partial charge in [-0.1, -0.05) is 45.8 Å². The predicted molar refractivity (Wildman–Crippen MR) is 91.3 cm³/mol. The Morgan fingerprint density at radius 2 is 1.67 bits per heavy atom. The molecule has 2 aromatic rings. The summed E-state index contributed by atoms with van der Waals surface area (Å²) in [5, 5.41) is 0. The molecule has 2 heteroatoms. The Morgan fingerprint density at radius 1 is 1.05 bits per heavy atom. The number of rotatable bonds is 1. The van der Waals surface area contributed by atoms with E-state index in [1.54, 1.807) is 0 Å². The summed E-state index contributed by atoms with van der Waals surface area (Å²) in [4.78, 5) is 0. The van der Waals surface area contributed by atoms with Gasteiger partial charge in [-0.25, -0.2) is 0 Å². The Hall–Kier alpha value is -1.28. The maximum Gasteiger partial charge on any atom is 0.124 e. The van der Waals surface area contributed by atoms with Crippen LogP contribution in [0.4, 0.5) is 0 Å². The molecular weight excluding hydrogens is 324 g/mol. The molecule has 0 N–H and O–H groups in total. The minimum absolute atomic E-state index is 0.227. The maximum absolute atomic E-state index is 6.29. The summed E-state index contributed by atoms with van der Waals surface area (Å²) in [7, 11) is 0. The van der Waals surface area contributed by atoms with Gasteiger partial charge in [0.15, 0.2) is 0 Å². The van der Waals surface area contributed by atoms with Crippen molar-refractivity contribution in [2.24, 2.45) is 0 Å². The molecule has 0 aliphatic carbocycles. The Labute approximate surface area is 135 Å². The van der Waals surface area contributed by atoms with Crippen molar-refractivity contribution in [3.05, 3.63) is 62.6 Å². The number of ether oxygens (including phenoxy) is 1. The molecule has 1 atom stereocenters. The van der Waals surface area contributed by atoms with Crippen LogP contribution in [0.25, 0.3) is 0 Å². The number of halogens is 1. The van der Waals surface area contributed by atoms with Gasteiger partial charge < -0.3 is 4.74 Å². The summed E-state index contributed by atoms with van der Waals surface area (Å²) < 4.78 is 7.48. The highest BCUT2D eigenvalue weighted by molar-refractivity contribution is 9.10. The lowest BCUT2D eigenvalue weighted by Crippen LogP contribution is -2.31. The highest BCUT2D eigenvalue weighted by atomic mass is 79.9. The quantitative estimate of drug-likeness (QED) is 0.646. The van der Waals surface area contributed by atoms with Crippen molar-refractivity contribution in [2.45, 2.75) is 46.1 Å². The lowest BCUT2D eigenvalue weighted by molar-refractivity contribution is 0.122. The van der Waals surface area contributed by atoms with Gasteiger partial charge in [0.1, 0.15) is 11.4 Å². The number of fused-ring (bicyclic) bond motifs is 1.